The molecule has 6 nitrogen and oxygen atoms in total. The lowest BCUT2D eigenvalue weighted by molar-refractivity contribution is -0.148. The Morgan fingerprint density at radius 3 is 2.38 bits per heavy atom. The average molecular weight is 396 g/mol. The molecular weight excluding hydrogens is 377 g/mol. The van der Waals surface area contributed by atoms with Gasteiger partial charge in [-0.15, -0.1) is 0 Å². The van der Waals surface area contributed by atoms with Crippen molar-refractivity contribution in [2.75, 3.05) is 5.32 Å². The summed E-state index contributed by atoms with van der Waals surface area (Å²) >= 11 is 11.8. The maximum absolute atomic E-state index is 12.1. The third-order valence-electron chi connectivity index (χ3n) is 3.74. The number of carbonyl (C=O) groups is 2. The van der Waals surface area contributed by atoms with Crippen LogP contribution in [0.2, 0.25) is 10.0 Å². The maximum atomic E-state index is 12.1. The summed E-state index contributed by atoms with van der Waals surface area (Å²) in [6.07, 6.45) is 1.92. The van der Waals surface area contributed by atoms with Gasteiger partial charge in [-0.05, 0) is 45.0 Å². The Morgan fingerprint density at radius 1 is 1.23 bits per heavy atom. The van der Waals surface area contributed by atoms with Gasteiger partial charge < -0.3 is 10.1 Å². The van der Waals surface area contributed by atoms with E-state index in [-0.39, 0.29) is 0 Å². The van der Waals surface area contributed by atoms with Gasteiger partial charge in [-0.1, -0.05) is 23.2 Å². The molecule has 0 aliphatic heterocycles. The van der Waals surface area contributed by atoms with Gasteiger partial charge in [0.2, 0.25) is 0 Å². The fourth-order valence-electron chi connectivity index (χ4n) is 2.32. The van der Waals surface area contributed by atoms with Gasteiger partial charge in [-0.2, -0.15) is 5.10 Å². The van der Waals surface area contributed by atoms with Crippen molar-refractivity contribution in [3.63, 3.8) is 0 Å². The van der Waals surface area contributed by atoms with Crippen LogP contribution in [0, 0.1) is 13.8 Å². The van der Waals surface area contributed by atoms with Crippen LogP contribution < -0.4 is 5.32 Å². The molecule has 0 saturated carbocycles. The van der Waals surface area contributed by atoms with Crippen molar-refractivity contribution in [1.29, 1.82) is 0 Å². The van der Waals surface area contributed by atoms with Crippen LogP contribution in [-0.2, 0) is 21.4 Å². The van der Waals surface area contributed by atoms with Crippen molar-refractivity contribution >= 4 is 46.8 Å². The highest BCUT2D eigenvalue weighted by molar-refractivity contribution is 6.35. The van der Waals surface area contributed by atoms with E-state index in [0.717, 1.165) is 17.0 Å². The topological polar surface area (TPSA) is 73.2 Å². The van der Waals surface area contributed by atoms with Crippen LogP contribution in [-0.4, -0.2) is 27.8 Å². The molecule has 26 heavy (non-hydrogen) atoms. The summed E-state index contributed by atoms with van der Waals surface area (Å²) in [6.45, 7) is 5.23. The molecule has 8 heteroatoms. The zero-order valence-electron chi connectivity index (χ0n) is 14.8. The van der Waals surface area contributed by atoms with Crippen molar-refractivity contribution in [2.24, 2.45) is 7.05 Å². The minimum atomic E-state index is -0.985. The number of hydrogen-bond donors (Lipinski definition) is 1. The first-order valence-corrected chi connectivity index (χ1v) is 8.59. The number of benzene rings is 1. The largest absolute Gasteiger partial charge is 0.449 e. The van der Waals surface area contributed by atoms with Gasteiger partial charge in [-0.3, -0.25) is 9.48 Å². The van der Waals surface area contributed by atoms with E-state index in [2.05, 4.69) is 10.4 Å². The predicted molar refractivity (Wildman–Crippen MR) is 102 cm³/mol. The average Bonchev–Trinajstić information content (AvgIpc) is 2.77. The molecule has 2 aromatic rings. The number of hydrogen-bond acceptors (Lipinski definition) is 4. The van der Waals surface area contributed by atoms with Gasteiger partial charge in [0, 0.05) is 40.1 Å². The smallest absolute Gasteiger partial charge is 0.331 e. The quantitative estimate of drug-likeness (QED) is 0.614. The number of anilines is 1. The fraction of sp³-hybridized carbons (Fsp3) is 0.278. The second kappa shape index (κ2) is 8.38. The molecule has 1 aromatic heterocycles. The minimum Gasteiger partial charge on any atom is -0.449 e. The lowest BCUT2D eigenvalue weighted by Crippen LogP contribution is -2.29. The van der Waals surface area contributed by atoms with Gasteiger partial charge in [-0.25, -0.2) is 4.79 Å². The Bertz CT molecular complexity index is 855. The molecule has 138 valence electrons. The van der Waals surface area contributed by atoms with E-state index in [9.17, 15) is 9.59 Å². The summed E-state index contributed by atoms with van der Waals surface area (Å²) in [4.78, 5) is 24.1. The Morgan fingerprint density at radius 2 is 1.85 bits per heavy atom. The molecule has 0 unspecified atom stereocenters. The number of aromatic nitrogens is 2. The number of nitrogens with one attached hydrogen (secondary N) is 1. The Kier molecular flexibility index (Phi) is 6.45. The molecule has 0 aliphatic carbocycles. The molecule has 0 saturated heterocycles. The van der Waals surface area contributed by atoms with Gasteiger partial charge in [0.25, 0.3) is 5.91 Å². The lowest BCUT2D eigenvalue weighted by Gasteiger charge is -2.12. The van der Waals surface area contributed by atoms with Crippen LogP contribution >= 0.6 is 23.2 Å². The van der Waals surface area contributed by atoms with Crippen molar-refractivity contribution < 1.29 is 14.3 Å². The number of carbonyl (C=O) groups excluding carboxylic acids is 2. The standard InChI is InChI=1S/C18H19Cl2N3O3/c1-10-16(11(2)23(4)22-10)5-6-17(24)26-12(3)18(25)21-15-8-13(19)7-14(20)9-15/h5-9,12H,1-4H3,(H,21,25)/b6-5+/t12-/m0/s1. The third-order valence-corrected chi connectivity index (χ3v) is 4.18. The van der Waals surface area contributed by atoms with E-state index in [1.165, 1.54) is 13.0 Å². The summed E-state index contributed by atoms with van der Waals surface area (Å²) in [5.74, 6) is -1.11. The lowest BCUT2D eigenvalue weighted by atomic mass is 10.2. The summed E-state index contributed by atoms with van der Waals surface area (Å²) in [5.41, 5.74) is 3.00. The summed E-state index contributed by atoms with van der Waals surface area (Å²) in [7, 11) is 1.83. The number of esters is 1. The van der Waals surface area contributed by atoms with E-state index in [1.807, 2.05) is 20.9 Å². The van der Waals surface area contributed by atoms with Gasteiger partial charge >= 0.3 is 5.97 Å². The number of amides is 1. The predicted octanol–water partition coefficient (Wildman–Crippen LogP) is 3.93. The van der Waals surface area contributed by atoms with Gasteiger partial charge in [0.15, 0.2) is 6.10 Å². The van der Waals surface area contributed by atoms with Crippen LogP contribution in [0.3, 0.4) is 0 Å². The third kappa shape index (κ3) is 5.09. The van der Waals surface area contributed by atoms with E-state index in [0.29, 0.717) is 15.7 Å². The minimum absolute atomic E-state index is 0.391. The van der Waals surface area contributed by atoms with Crippen LogP contribution in [0.15, 0.2) is 24.3 Å². The van der Waals surface area contributed by atoms with Gasteiger partial charge in [0.05, 0.1) is 5.69 Å². The number of nitrogens with zero attached hydrogens (tertiary/aromatic N) is 2. The molecule has 0 fully saturated rings. The molecule has 0 bridgehead atoms. The van der Waals surface area contributed by atoms with Crippen LogP contribution in [0.4, 0.5) is 5.69 Å². The molecule has 0 aliphatic rings. The van der Waals surface area contributed by atoms with Crippen molar-refractivity contribution in [3.8, 4) is 0 Å². The molecule has 2 rings (SSSR count). The molecule has 1 amide bonds. The van der Waals surface area contributed by atoms with E-state index in [4.69, 9.17) is 27.9 Å². The van der Waals surface area contributed by atoms with Crippen LogP contribution in [0.5, 0.6) is 0 Å². The Labute approximate surface area is 161 Å². The summed E-state index contributed by atoms with van der Waals surface area (Å²) < 4.78 is 6.85. The summed E-state index contributed by atoms with van der Waals surface area (Å²) in [5, 5.41) is 7.65. The maximum Gasteiger partial charge on any atom is 0.331 e. The first kappa shape index (κ1) is 20.0. The molecule has 1 aromatic carbocycles. The van der Waals surface area contributed by atoms with Crippen molar-refractivity contribution in [2.45, 2.75) is 26.9 Å². The normalized spacial score (nSPS) is 12.2. The van der Waals surface area contributed by atoms with E-state index >= 15 is 0 Å². The SMILES string of the molecule is Cc1nn(C)c(C)c1/C=C/C(=O)O[C@@H](C)C(=O)Nc1cc(Cl)cc(Cl)c1. The number of halogens is 2. The van der Waals surface area contributed by atoms with Crippen LogP contribution in [0.25, 0.3) is 6.08 Å². The zero-order chi connectivity index (χ0) is 19.4. The highest BCUT2D eigenvalue weighted by Gasteiger charge is 2.17. The van der Waals surface area contributed by atoms with E-state index in [1.54, 1.807) is 29.0 Å². The zero-order valence-corrected chi connectivity index (χ0v) is 16.4. The Balaban J connectivity index is 1.97. The highest BCUT2D eigenvalue weighted by Crippen LogP contribution is 2.22. The number of ether oxygens (including phenoxy) is 1. The monoisotopic (exact) mass is 395 g/mol. The summed E-state index contributed by atoms with van der Waals surface area (Å²) in [6, 6.07) is 4.65. The molecule has 0 spiro atoms. The second-order valence-corrected chi connectivity index (χ2v) is 6.64. The van der Waals surface area contributed by atoms with Crippen molar-refractivity contribution in [1.82, 2.24) is 9.78 Å². The molecule has 1 N–H and O–H groups in total. The highest BCUT2D eigenvalue weighted by atomic mass is 35.5. The van der Waals surface area contributed by atoms with Gasteiger partial charge in [0.1, 0.15) is 0 Å². The first-order chi connectivity index (χ1) is 12.2. The molecular formula is C18H19Cl2N3O3. The number of rotatable bonds is 5. The molecule has 0 radical (unpaired) electrons. The fourth-order valence-corrected chi connectivity index (χ4v) is 2.85. The molecule has 1 heterocycles. The molecule has 1 atom stereocenters. The van der Waals surface area contributed by atoms with E-state index < -0.39 is 18.0 Å². The van der Waals surface area contributed by atoms with Crippen LogP contribution in [0.1, 0.15) is 23.9 Å². The first-order valence-electron chi connectivity index (χ1n) is 7.83. The second-order valence-electron chi connectivity index (χ2n) is 5.77. The van der Waals surface area contributed by atoms with Crippen molar-refractivity contribution in [3.05, 3.63) is 51.3 Å². The number of aryl methyl sites for hydroxylation is 2. The Hall–Kier alpha value is -2.31.